The number of aryl methyl sites for hydroxylation is 2. The van der Waals surface area contributed by atoms with Crippen LogP contribution in [0.5, 0.6) is 0 Å². The van der Waals surface area contributed by atoms with Crippen LogP contribution in [0.1, 0.15) is 30.0 Å². The topological polar surface area (TPSA) is 36.4 Å². The van der Waals surface area contributed by atoms with Gasteiger partial charge < -0.3 is 4.90 Å². The summed E-state index contributed by atoms with van der Waals surface area (Å²) in [5.74, 6) is 0.281. The number of benzene rings is 1. The Labute approximate surface area is 150 Å². The zero-order valence-electron chi connectivity index (χ0n) is 15.0. The standard InChI is InChI=1S/C21H27N3O/c1-2-18-3-5-19(6-4-18)7-8-21(25)24-15-13-23(14-16-24)17-20-9-11-22-12-10-20/h3-6,9-12H,2,7-8,13-17H2,1H3. The van der Waals surface area contributed by atoms with E-state index in [4.69, 9.17) is 0 Å². The highest BCUT2D eigenvalue weighted by molar-refractivity contribution is 5.76. The van der Waals surface area contributed by atoms with Crippen molar-refractivity contribution in [1.29, 1.82) is 0 Å². The van der Waals surface area contributed by atoms with Crippen LogP contribution < -0.4 is 0 Å². The summed E-state index contributed by atoms with van der Waals surface area (Å²) in [7, 11) is 0. The summed E-state index contributed by atoms with van der Waals surface area (Å²) in [5, 5.41) is 0. The largest absolute Gasteiger partial charge is 0.340 e. The van der Waals surface area contributed by atoms with E-state index >= 15 is 0 Å². The van der Waals surface area contributed by atoms with Crippen LogP contribution >= 0.6 is 0 Å². The van der Waals surface area contributed by atoms with Gasteiger partial charge in [-0.15, -0.1) is 0 Å². The van der Waals surface area contributed by atoms with Gasteiger partial charge in [0.15, 0.2) is 0 Å². The van der Waals surface area contributed by atoms with Crippen LogP contribution in [0, 0.1) is 0 Å². The Morgan fingerprint density at radius 1 is 0.920 bits per heavy atom. The molecule has 2 heterocycles. The first-order valence-corrected chi connectivity index (χ1v) is 9.21. The molecule has 0 unspecified atom stereocenters. The second-order valence-electron chi connectivity index (χ2n) is 6.68. The van der Waals surface area contributed by atoms with Crippen molar-refractivity contribution < 1.29 is 4.79 Å². The molecule has 132 valence electrons. The number of piperazine rings is 1. The monoisotopic (exact) mass is 337 g/mol. The zero-order chi connectivity index (χ0) is 17.5. The number of hydrogen-bond acceptors (Lipinski definition) is 3. The molecule has 0 N–H and O–H groups in total. The summed E-state index contributed by atoms with van der Waals surface area (Å²) in [6.45, 7) is 6.65. The smallest absolute Gasteiger partial charge is 0.222 e. The second kappa shape index (κ2) is 8.77. The van der Waals surface area contributed by atoms with Crippen molar-refractivity contribution in [3.05, 3.63) is 65.5 Å². The molecule has 0 saturated carbocycles. The van der Waals surface area contributed by atoms with E-state index in [1.807, 2.05) is 17.3 Å². The van der Waals surface area contributed by atoms with Crippen LogP contribution in [-0.4, -0.2) is 46.9 Å². The third kappa shape index (κ3) is 5.13. The first-order chi connectivity index (χ1) is 12.2. The van der Waals surface area contributed by atoms with E-state index < -0.39 is 0 Å². The summed E-state index contributed by atoms with van der Waals surface area (Å²) in [4.78, 5) is 20.9. The van der Waals surface area contributed by atoms with Gasteiger partial charge >= 0.3 is 0 Å². The minimum absolute atomic E-state index is 0.281. The van der Waals surface area contributed by atoms with Crippen molar-refractivity contribution in [3.8, 4) is 0 Å². The number of rotatable bonds is 6. The molecule has 1 amide bonds. The van der Waals surface area contributed by atoms with E-state index in [0.717, 1.165) is 45.6 Å². The number of carbonyl (C=O) groups is 1. The minimum Gasteiger partial charge on any atom is -0.340 e. The maximum absolute atomic E-state index is 12.5. The predicted octanol–water partition coefficient (Wildman–Crippen LogP) is 2.92. The zero-order valence-corrected chi connectivity index (χ0v) is 15.0. The normalized spacial score (nSPS) is 15.3. The molecule has 1 fully saturated rings. The molecule has 0 atom stereocenters. The molecule has 0 bridgehead atoms. The summed E-state index contributed by atoms with van der Waals surface area (Å²) >= 11 is 0. The molecule has 2 aromatic rings. The van der Waals surface area contributed by atoms with Gasteiger partial charge in [-0.05, 0) is 41.7 Å². The summed E-state index contributed by atoms with van der Waals surface area (Å²) in [5.41, 5.74) is 3.88. The molecule has 0 spiro atoms. The lowest BCUT2D eigenvalue weighted by molar-refractivity contribution is -0.133. The van der Waals surface area contributed by atoms with Gasteiger partial charge in [0, 0.05) is 51.5 Å². The predicted molar refractivity (Wildman–Crippen MR) is 100 cm³/mol. The van der Waals surface area contributed by atoms with Gasteiger partial charge in [-0.3, -0.25) is 14.7 Å². The quantitative estimate of drug-likeness (QED) is 0.813. The van der Waals surface area contributed by atoms with Gasteiger partial charge in [-0.2, -0.15) is 0 Å². The summed E-state index contributed by atoms with van der Waals surface area (Å²) in [6.07, 6.45) is 6.17. The average molecular weight is 337 g/mol. The van der Waals surface area contributed by atoms with Crippen LogP contribution in [0.25, 0.3) is 0 Å². The van der Waals surface area contributed by atoms with Crippen molar-refractivity contribution in [2.75, 3.05) is 26.2 Å². The highest BCUT2D eigenvalue weighted by atomic mass is 16.2. The van der Waals surface area contributed by atoms with Crippen molar-refractivity contribution in [3.63, 3.8) is 0 Å². The van der Waals surface area contributed by atoms with E-state index in [0.29, 0.717) is 6.42 Å². The Kier molecular flexibility index (Phi) is 6.18. The molecule has 0 radical (unpaired) electrons. The summed E-state index contributed by atoms with van der Waals surface area (Å²) < 4.78 is 0. The third-order valence-corrected chi connectivity index (χ3v) is 4.94. The summed E-state index contributed by atoms with van der Waals surface area (Å²) in [6, 6.07) is 12.7. The molecular weight excluding hydrogens is 310 g/mol. The number of hydrogen-bond donors (Lipinski definition) is 0. The lowest BCUT2D eigenvalue weighted by Gasteiger charge is -2.34. The Morgan fingerprint density at radius 3 is 2.20 bits per heavy atom. The van der Waals surface area contributed by atoms with Crippen LogP contribution in [0.3, 0.4) is 0 Å². The highest BCUT2D eigenvalue weighted by Gasteiger charge is 2.20. The van der Waals surface area contributed by atoms with Gasteiger partial charge in [0.05, 0.1) is 0 Å². The molecule has 1 aromatic heterocycles. The number of amides is 1. The molecule has 4 nitrogen and oxygen atoms in total. The van der Waals surface area contributed by atoms with Crippen LogP contribution in [0.4, 0.5) is 0 Å². The second-order valence-corrected chi connectivity index (χ2v) is 6.68. The fraction of sp³-hybridized carbons (Fsp3) is 0.429. The number of aromatic nitrogens is 1. The fourth-order valence-corrected chi connectivity index (χ4v) is 3.25. The van der Waals surface area contributed by atoms with E-state index in [-0.39, 0.29) is 5.91 Å². The molecule has 25 heavy (non-hydrogen) atoms. The van der Waals surface area contributed by atoms with Gasteiger partial charge in [-0.25, -0.2) is 0 Å². The van der Waals surface area contributed by atoms with Crippen molar-refractivity contribution in [2.45, 2.75) is 32.7 Å². The number of pyridine rings is 1. The highest BCUT2D eigenvalue weighted by Crippen LogP contribution is 2.11. The molecule has 1 saturated heterocycles. The lowest BCUT2D eigenvalue weighted by Crippen LogP contribution is -2.48. The number of nitrogens with zero attached hydrogens (tertiary/aromatic N) is 3. The van der Waals surface area contributed by atoms with Crippen LogP contribution in [-0.2, 0) is 24.2 Å². The molecular formula is C21H27N3O. The Hall–Kier alpha value is -2.20. The Balaban J connectivity index is 1.41. The molecule has 4 heteroatoms. The van der Waals surface area contributed by atoms with Crippen molar-refractivity contribution in [2.24, 2.45) is 0 Å². The Morgan fingerprint density at radius 2 is 1.56 bits per heavy atom. The van der Waals surface area contributed by atoms with E-state index in [2.05, 4.69) is 53.2 Å². The maximum atomic E-state index is 12.5. The molecule has 3 rings (SSSR count). The van der Waals surface area contributed by atoms with Crippen molar-refractivity contribution >= 4 is 5.91 Å². The van der Waals surface area contributed by atoms with Gasteiger partial charge in [0.25, 0.3) is 0 Å². The third-order valence-electron chi connectivity index (χ3n) is 4.94. The maximum Gasteiger partial charge on any atom is 0.222 e. The van der Waals surface area contributed by atoms with Crippen LogP contribution in [0.2, 0.25) is 0 Å². The SMILES string of the molecule is CCc1ccc(CCC(=O)N2CCN(Cc3ccncc3)CC2)cc1. The minimum atomic E-state index is 0.281. The molecule has 1 aromatic carbocycles. The van der Waals surface area contributed by atoms with Gasteiger partial charge in [-0.1, -0.05) is 31.2 Å². The Bertz CT molecular complexity index is 661. The number of carbonyl (C=O) groups excluding carboxylic acids is 1. The average Bonchev–Trinajstić information content (AvgIpc) is 2.68. The first-order valence-electron chi connectivity index (χ1n) is 9.21. The first kappa shape index (κ1) is 17.6. The van der Waals surface area contributed by atoms with Gasteiger partial charge in [0.2, 0.25) is 5.91 Å². The molecule has 0 aliphatic carbocycles. The van der Waals surface area contributed by atoms with Crippen LogP contribution in [0.15, 0.2) is 48.8 Å². The van der Waals surface area contributed by atoms with E-state index in [1.54, 1.807) is 0 Å². The molecule has 1 aliphatic heterocycles. The fourth-order valence-electron chi connectivity index (χ4n) is 3.25. The van der Waals surface area contributed by atoms with E-state index in [9.17, 15) is 4.79 Å². The van der Waals surface area contributed by atoms with E-state index in [1.165, 1.54) is 16.7 Å². The lowest BCUT2D eigenvalue weighted by atomic mass is 10.1. The molecule has 1 aliphatic rings. The van der Waals surface area contributed by atoms with Crippen molar-refractivity contribution in [1.82, 2.24) is 14.8 Å². The van der Waals surface area contributed by atoms with Gasteiger partial charge in [0.1, 0.15) is 0 Å².